The number of para-hydroxylation sites is 1. The van der Waals surface area contributed by atoms with Crippen molar-refractivity contribution < 1.29 is 18.0 Å². The number of benzene rings is 3. The lowest BCUT2D eigenvalue weighted by Crippen LogP contribution is -2.46. The molecule has 0 unspecified atom stereocenters. The summed E-state index contributed by atoms with van der Waals surface area (Å²) >= 11 is 6.32. The summed E-state index contributed by atoms with van der Waals surface area (Å²) in [6.45, 7) is 4.21. The maximum Gasteiger partial charge on any atom is 0.416 e. The van der Waals surface area contributed by atoms with Gasteiger partial charge in [-0.25, -0.2) is 0 Å². The Kier molecular flexibility index (Phi) is 7.44. The molecule has 0 aromatic heterocycles. The van der Waals surface area contributed by atoms with Crippen LogP contribution < -0.4 is 10.2 Å². The quantitative estimate of drug-likeness (QED) is 0.491. The van der Waals surface area contributed by atoms with Gasteiger partial charge in [-0.15, -0.1) is 0 Å². The molecule has 1 amide bonds. The molecule has 0 bridgehead atoms. The normalized spacial score (nSPS) is 14.8. The second kappa shape index (κ2) is 10.5. The average molecular weight is 488 g/mol. The summed E-state index contributed by atoms with van der Waals surface area (Å²) in [6.07, 6.45) is -4.41. The molecular formula is C26H25ClF3N3O. The minimum atomic E-state index is -4.41. The second-order valence-corrected chi connectivity index (χ2v) is 8.70. The molecule has 1 saturated heterocycles. The molecule has 0 radical (unpaired) electrons. The van der Waals surface area contributed by atoms with Crippen molar-refractivity contribution in [2.45, 2.75) is 19.3 Å². The molecule has 1 N–H and O–H groups in total. The minimum absolute atomic E-state index is 0.0248. The van der Waals surface area contributed by atoms with Crippen molar-refractivity contribution in [3.63, 3.8) is 0 Å². The van der Waals surface area contributed by atoms with Gasteiger partial charge in [0.15, 0.2) is 0 Å². The number of amides is 1. The van der Waals surface area contributed by atoms with E-state index in [2.05, 4.69) is 15.1 Å². The minimum Gasteiger partial charge on any atom is -0.368 e. The molecule has 0 spiro atoms. The molecule has 3 aromatic carbocycles. The highest BCUT2D eigenvalue weighted by atomic mass is 35.5. The summed E-state index contributed by atoms with van der Waals surface area (Å²) < 4.78 is 38.7. The van der Waals surface area contributed by atoms with Gasteiger partial charge in [0.1, 0.15) is 0 Å². The first-order valence-electron chi connectivity index (χ1n) is 11.0. The molecule has 4 nitrogen and oxygen atoms in total. The summed E-state index contributed by atoms with van der Waals surface area (Å²) in [4.78, 5) is 17.2. The smallest absolute Gasteiger partial charge is 0.368 e. The van der Waals surface area contributed by atoms with Gasteiger partial charge >= 0.3 is 6.18 Å². The molecule has 1 aliphatic rings. The van der Waals surface area contributed by atoms with Crippen molar-refractivity contribution in [1.82, 2.24) is 10.2 Å². The van der Waals surface area contributed by atoms with Crippen LogP contribution in [-0.2, 0) is 19.3 Å². The largest absolute Gasteiger partial charge is 0.416 e. The van der Waals surface area contributed by atoms with Crippen LogP contribution in [0.1, 0.15) is 27.0 Å². The van der Waals surface area contributed by atoms with Crippen LogP contribution in [0.2, 0.25) is 5.02 Å². The number of nitrogens with zero attached hydrogens (tertiary/aromatic N) is 2. The zero-order valence-electron chi connectivity index (χ0n) is 18.5. The molecule has 8 heteroatoms. The predicted octanol–water partition coefficient (Wildman–Crippen LogP) is 5.61. The number of halogens is 4. The highest BCUT2D eigenvalue weighted by Gasteiger charge is 2.30. The summed E-state index contributed by atoms with van der Waals surface area (Å²) in [5, 5.41) is 3.46. The fourth-order valence-corrected chi connectivity index (χ4v) is 4.32. The van der Waals surface area contributed by atoms with Crippen LogP contribution >= 0.6 is 11.6 Å². The molecule has 0 saturated carbocycles. The number of hydrogen-bond acceptors (Lipinski definition) is 3. The van der Waals surface area contributed by atoms with E-state index < -0.39 is 11.7 Å². The Balaban J connectivity index is 1.32. The predicted molar refractivity (Wildman–Crippen MR) is 128 cm³/mol. The summed E-state index contributed by atoms with van der Waals surface area (Å²) in [5.74, 6) is -0.317. The van der Waals surface area contributed by atoms with E-state index >= 15 is 0 Å². The number of carbonyl (C=O) groups is 1. The molecule has 0 atom stereocenters. The third kappa shape index (κ3) is 6.10. The third-order valence-corrected chi connectivity index (χ3v) is 6.19. The Bertz CT molecular complexity index is 1140. The summed E-state index contributed by atoms with van der Waals surface area (Å²) in [7, 11) is 0. The number of carbonyl (C=O) groups excluding carboxylic acids is 1. The van der Waals surface area contributed by atoms with Crippen molar-refractivity contribution in [3.8, 4) is 0 Å². The summed E-state index contributed by atoms with van der Waals surface area (Å²) in [5.41, 5.74) is 2.21. The molecule has 34 heavy (non-hydrogen) atoms. The summed E-state index contributed by atoms with van der Waals surface area (Å²) in [6, 6.07) is 20.2. The van der Waals surface area contributed by atoms with E-state index in [1.807, 2.05) is 42.5 Å². The van der Waals surface area contributed by atoms with Crippen LogP contribution in [0.4, 0.5) is 18.9 Å². The first kappa shape index (κ1) is 24.1. The maximum atomic E-state index is 12.9. The molecule has 1 fully saturated rings. The van der Waals surface area contributed by atoms with Crippen molar-refractivity contribution in [3.05, 3.63) is 100 Å². The van der Waals surface area contributed by atoms with Gasteiger partial charge in [0, 0.05) is 44.8 Å². The number of piperazine rings is 1. The van der Waals surface area contributed by atoms with Crippen LogP contribution in [0.15, 0.2) is 72.8 Å². The van der Waals surface area contributed by atoms with Crippen molar-refractivity contribution in [2.75, 3.05) is 31.1 Å². The Morgan fingerprint density at radius 3 is 2.32 bits per heavy atom. The van der Waals surface area contributed by atoms with E-state index in [-0.39, 0.29) is 12.5 Å². The molecule has 4 rings (SSSR count). The topological polar surface area (TPSA) is 35.6 Å². The Morgan fingerprint density at radius 1 is 0.882 bits per heavy atom. The first-order chi connectivity index (χ1) is 16.3. The number of anilines is 1. The molecule has 1 heterocycles. The zero-order chi connectivity index (χ0) is 24.1. The monoisotopic (exact) mass is 487 g/mol. The van der Waals surface area contributed by atoms with Crippen molar-refractivity contribution in [1.29, 1.82) is 0 Å². The molecule has 0 aliphatic carbocycles. The zero-order valence-corrected chi connectivity index (χ0v) is 19.2. The van der Waals surface area contributed by atoms with Crippen molar-refractivity contribution in [2.24, 2.45) is 0 Å². The van der Waals surface area contributed by atoms with Gasteiger partial charge in [0.05, 0.1) is 16.3 Å². The van der Waals surface area contributed by atoms with Crippen LogP contribution in [-0.4, -0.2) is 37.0 Å². The van der Waals surface area contributed by atoms with Crippen molar-refractivity contribution >= 4 is 23.2 Å². The van der Waals surface area contributed by atoms with Crippen LogP contribution in [0.3, 0.4) is 0 Å². The van der Waals surface area contributed by atoms with Gasteiger partial charge in [0.25, 0.3) is 5.91 Å². The maximum absolute atomic E-state index is 12.9. The fourth-order valence-electron chi connectivity index (χ4n) is 4.07. The lowest BCUT2D eigenvalue weighted by atomic mass is 10.1. The standard InChI is InChI=1S/C26H25ClF3N3O/c27-23-9-1-2-10-24(23)33-13-11-32(12-14-33)18-20-6-3-7-21(15-20)25(34)31-17-19-5-4-8-22(16-19)26(28,29)30/h1-10,15-16H,11-14,17-18H2,(H,31,34). The SMILES string of the molecule is O=C(NCc1cccc(C(F)(F)F)c1)c1cccc(CN2CCN(c3ccccc3Cl)CC2)c1. The Labute approximate surface area is 201 Å². The first-order valence-corrected chi connectivity index (χ1v) is 11.4. The third-order valence-electron chi connectivity index (χ3n) is 5.87. The van der Waals surface area contributed by atoms with E-state index in [0.717, 1.165) is 54.6 Å². The van der Waals surface area contributed by atoms with Crippen LogP contribution in [0.5, 0.6) is 0 Å². The van der Waals surface area contributed by atoms with E-state index in [4.69, 9.17) is 11.6 Å². The number of nitrogens with one attached hydrogen (secondary N) is 1. The highest BCUT2D eigenvalue weighted by Crippen LogP contribution is 2.29. The Hall–Kier alpha value is -3.03. The molecular weight excluding hydrogens is 463 g/mol. The number of rotatable bonds is 6. The Morgan fingerprint density at radius 2 is 1.59 bits per heavy atom. The van der Waals surface area contributed by atoms with E-state index in [9.17, 15) is 18.0 Å². The van der Waals surface area contributed by atoms with Gasteiger partial charge in [-0.3, -0.25) is 9.69 Å². The van der Waals surface area contributed by atoms with Gasteiger partial charge in [0.2, 0.25) is 0 Å². The fraction of sp³-hybridized carbons (Fsp3) is 0.269. The van der Waals surface area contributed by atoms with E-state index in [1.54, 1.807) is 12.1 Å². The molecule has 1 aliphatic heterocycles. The second-order valence-electron chi connectivity index (χ2n) is 8.30. The lowest BCUT2D eigenvalue weighted by Gasteiger charge is -2.36. The van der Waals surface area contributed by atoms with E-state index in [1.165, 1.54) is 6.07 Å². The van der Waals surface area contributed by atoms with Gasteiger partial charge in [-0.1, -0.05) is 48.0 Å². The lowest BCUT2D eigenvalue weighted by molar-refractivity contribution is -0.137. The molecule has 3 aromatic rings. The van der Waals surface area contributed by atoms with Crippen LogP contribution in [0.25, 0.3) is 0 Å². The average Bonchev–Trinajstić information content (AvgIpc) is 2.83. The molecule has 178 valence electrons. The van der Waals surface area contributed by atoms with Gasteiger partial charge in [-0.2, -0.15) is 13.2 Å². The number of hydrogen-bond donors (Lipinski definition) is 1. The van der Waals surface area contributed by atoms with Crippen LogP contribution in [0, 0.1) is 0 Å². The van der Waals surface area contributed by atoms with Gasteiger partial charge < -0.3 is 10.2 Å². The number of alkyl halides is 3. The van der Waals surface area contributed by atoms with Gasteiger partial charge in [-0.05, 0) is 47.5 Å². The van der Waals surface area contributed by atoms with E-state index in [0.29, 0.717) is 17.7 Å². The highest BCUT2D eigenvalue weighted by molar-refractivity contribution is 6.33.